The van der Waals surface area contributed by atoms with Crippen LogP contribution in [0.4, 0.5) is 0 Å². The van der Waals surface area contributed by atoms with Gasteiger partial charge >= 0.3 is 122 Å². The van der Waals surface area contributed by atoms with Gasteiger partial charge < -0.3 is 168 Å². The molecule has 0 fully saturated rings. The van der Waals surface area contributed by atoms with Gasteiger partial charge in [0.1, 0.15) is 0 Å². The average molecular weight is 1720 g/mol. The lowest BCUT2D eigenvalue weighted by atomic mass is 10.3. The van der Waals surface area contributed by atoms with E-state index in [0.29, 0.717) is 0 Å². The monoisotopic (exact) mass is 1720 g/mol. The molecule has 0 aliphatic rings. The first-order valence-electron chi connectivity index (χ1n) is 23.9. The van der Waals surface area contributed by atoms with Gasteiger partial charge in [0.2, 0.25) is 44.2 Å². The van der Waals surface area contributed by atoms with Gasteiger partial charge in [-0.2, -0.15) is 0 Å². The molecular formula is C24H80N6O48P16. The van der Waals surface area contributed by atoms with Crippen molar-refractivity contribution in [2.75, 3.05) is 39.3 Å². The molecule has 0 aliphatic carbocycles. The normalized spacial score (nSPS) is 14.7. The summed E-state index contributed by atoms with van der Waals surface area (Å²) in [6.07, 6.45) is 1.49. The second-order valence-electron chi connectivity index (χ2n) is 18.4. The largest absolute Gasteiger partial charge is 0.355 e. The fourth-order valence-electron chi connectivity index (χ4n) is 7.38. The summed E-state index contributed by atoms with van der Waals surface area (Å²) in [7, 11) is -91.2. The molecule has 94 heavy (non-hydrogen) atoms. The third kappa shape index (κ3) is 38.8. The molecule has 0 aromatic carbocycles. The first kappa shape index (κ1) is 105. The summed E-state index contributed by atoms with van der Waals surface area (Å²) in [6.45, 7) is 3.61. The Morgan fingerprint density at radius 3 is 0.319 bits per heavy atom. The van der Waals surface area contributed by atoms with Crippen LogP contribution >= 0.6 is 122 Å². The van der Waals surface area contributed by atoms with E-state index in [1.807, 2.05) is 0 Å². The maximum Gasteiger partial charge on any atom is 0.355 e. The Morgan fingerprint density at radius 2 is 0.277 bits per heavy atom. The predicted molar refractivity (Wildman–Crippen MR) is 318 cm³/mol. The smallest absolute Gasteiger partial charge is 0.330 e. The third-order valence-electron chi connectivity index (χ3n) is 9.77. The van der Waals surface area contributed by atoms with Gasteiger partial charge in [-0.3, -0.25) is 92.6 Å². The lowest BCUT2D eigenvalue weighted by Crippen LogP contribution is -2.43. The Labute approximate surface area is 530 Å². The van der Waals surface area contributed by atoms with E-state index in [-0.39, 0.29) is 45.3 Å². The van der Waals surface area contributed by atoms with Gasteiger partial charge in [-0.25, -0.2) is 0 Å². The molecular weight excluding hydrogens is 1640 g/mol. The van der Waals surface area contributed by atoms with Gasteiger partial charge in [0.25, 0.3) is 0 Å². The van der Waals surface area contributed by atoms with Gasteiger partial charge in [0, 0.05) is 26.2 Å². The Balaban J connectivity index is -0.000000363. The zero-order valence-corrected chi connectivity index (χ0v) is 62.4. The number of rotatable bonds is 35. The minimum Gasteiger partial charge on any atom is -0.330 e. The molecule has 0 atom stereocenters. The van der Waals surface area contributed by atoms with E-state index in [1.165, 1.54) is 27.7 Å². The molecule has 0 radical (unpaired) electrons. The van der Waals surface area contributed by atoms with E-state index >= 15 is 0 Å². The van der Waals surface area contributed by atoms with Crippen LogP contribution in [0.1, 0.15) is 66.2 Å². The van der Waals surface area contributed by atoms with Crippen molar-refractivity contribution in [2.45, 2.75) is 110 Å². The summed E-state index contributed by atoms with van der Waals surface area (Å²) >= 11 is 0. The minimum absolute atomic E-state index is 0.160. The highest BCUT2D eigenvalue weighted by atomic mass is 31.3. The zero-order chi connectivity index (χ0) is 77.4. The average Bonchev–Trinajstić information content (AvgIpc) is 0.788. The molecule has 0 saturated heterocycles. The summed E-state index contributed by atoms with van der Waals surface area (Å²) in [5.41, 5.74) is -14.4. The van der Waals surface area contributed by atoms with Crippen molar-refractivity contribution in [3.8, 4) is 0 Å². The molecule has 0 spiro atoms. The van der Waals surface area contributed by atoms with E-state index in [2.05, 4.69) is 0 Å². The van der Waals surface area contributed by atoms with Crippen LogP contribution in [0.25, 0.3) is 0 Å². The van der Waals surface area contributed by atoms with Crippen LogP contribution in [-0.2, 0) is 73.0 Å². The Bertz CT molecular complexity index is 2390. The first-order chi connectivity index (χ1) is 40.7. The summed E-state index contributed by atoms with van der Waals surface area (Å²) in [5.74, 6) is 0. The highest BCUT2D eigenvalue weighted by Gasteiger charge is 2.62. The molecule has 0 unspecified atom stereocenters. The van der Waals surface area contributed by atoms with Gasteiger partial charge in [0.15, 0.2) is 0 Å². The highest BCUT2D eigenvalue weighted by Crippen LogP contribution is 2.73. The van der Waals surface area contributed by atoms with Gasteiger partial charge in [-0.15, -0.1) is 0 Å². The first-order valence-corrected chi connectivity index (χ1v) is 50.8. The molecule has 36 N–H and O–H groups in total. The van der Waals surface area contributed by atoms with Crippen LogP contribution in [0.2, 0.25) is 0 Å². The number of hydrogen-bond donors (Lipinski definition) is 34. The molecule has 0 aromatic rings. The van der Waals surface area contributed by atoms with E-state index < -0.39 is 192 Å². The molecule has 70 heteroatoms. The second kappa shape index (κ2) is 39.5. The Hall–Kier alpha value is 2.16. The van der Waals surface area contributed by atoms with Crippen molar-refractivity contribution in [3.63, 3.8) is 0 Å². The number of unbranched alkanes of at least 4 members (excludes halogenated alkanes) is 1. The van der Waals surface area contributed by atoms with E-state index in [4.69, 9.17) is 168 Å². The molecule has 0 aromatic heterocycles. The molecule has 0 bridgehead atoms. The van der Waals surface area contributed by atoms with Gasteiger partial charge in [-0.1, -0.05) is 27.7 Å². The van der Waals surface area contributed by atoms with E-state index in [9.17, 15) is 73.0 Å². The van der Waals surface area contributed by atoms with Crippen molar-refractivity contribution in [1.82, 2.24) is 19.6 Å². The summed E-state index contributed by atoms with van der Waals surface area (Å²) in [6, 6.07) is 0. The van der Waals surface area contributed by atoms with Crippen LogP contribution in [0.5, 0.6) is 0 Å². The molecule has 0 heterocycles. The van der Waals surface area contributed by atoms with Crippen LogP contribution in [0.15, 0.2) is 0 Å². The number of nitrogens with two attached hydrogens (primary N) is 2. The lowest BCUT2D eigenvalue weighted by molar-refractivity contribution is 0.197. The highest BCUT2D eigenvalue weighted by molar-refractivity contribution is 7.75. The van der Waals surface area contributed by atoms with E-state index in [1.54, 1.807) is 0 Å². The third-order valence-corrected chi connectivity index (χ3v) is 38.6. The predicted octanol–water partition coefficient (Wildman–Crippen LogP) is -4.41. The Kier molecular flexibility index (Phi) is 44.0. The summed E-state index contributed by atoms with van der Waals surface area (Å²) < 4.78 is 181. The quantitative estimate of drug-likeness (QED) is 0.0210. The maximum absolute atomic E-state index is 11.3. The fourth-order valence-corrected chi connectivity index (χ4v) is 31.8. The van der Waals surface area contributed by atoms with Crippen LogP contribution < -0.4 is 11.5 Å². The topological polar surface area (TPSA) is 985 Å². The Morgan fingerprint density at radius 1 is 0.202 bits per heavy atom. The minimum atomic E-state index is -5.70. The molecule has 0 aliphatic heterocycles. The molecule has 574 valence electrons. The van der Waals surface area contributed by atoms with E-state index in [0.717, 1.165) is 25.9 Å². The lowest BCUT2D eigenvalue weighted by Gasteiger charge is -2.37. The van der Waals surface area contributed by atoms with Crippen molar-refractivity contribution in [1.29, 1.82) is 0 Å². The van der Waals surface area contributed by atoms with Crippen LogP contribution in [-0.4, -0.2) is 260 Å². The number of hydrogen-bond acceptors (Lipinski definition) is 22. The van der Waals surface area contributed by atoms with Gasteiger partial charge in [0.05, 0.1) is 0 Å². The van der Waals surface area contributed by atoms with Crippen molar-refractivity contribution in [2.24, 2.45) is 11.5 Å². The van der Waals surface area contributed by atoms with Crippen molar-refractivity contribution >= 4 is 122 Å². The molecule has 54 nitrogen and oxygen atoms in total. The van der Waals surface area contributed by atoms with Crippen molar-refractivity contribution in [3.05, 3.63) is 0 Å². The summed E-state index contributed by atoms with van der Waals surface area (Å²) in [4.78, 5) is 289. The standard InChI is InChI=1S/4C5H17NO12P4.C4H12N2/c4*1-2-3-6(4(19(7,8)9)20(10,11)12)5(21(13,14)15)22(16,17)18;5-3-1-2-4-6/h4*4-5H,2-3H2,1H3,(H2,7,8,9)(H2,10,11,12)(H2,13,14,15)(H2,16,17,18);1-6H2. The molecule has 0 amide bonds. The maximum atomic E-state index is 11.3. The van der Waals surface area contributed by atoms with Crippen LogP contribution in [0.3, 0.4) is 0 Å². The summed E-state index contributed by atoms with van der Waals surface area (Å²) in [5, 5.41) is 0. The molecule has 0 saturated carbocycles. The fraction of sp³-hybridized carbons (Fsp3) is 1.00. The van der Waals surface area contributed by atoms with Crippen LogP contribution in [0, 0.1) is 0 Å². The zero-order valence-electron chi connectivity index (χ0n) is 48.0. The second-order valence-corrected chi connectivity index (χ2v) is 48.4. The molecule has 0 rings (SSSR count). The SMILES string of the molecule is CCCN(C(P(=O)(O)O)P(=O)(O)O)C(P(=O)(O)O)P(=O)(O)O.CCCN(C(P(=O)(O)O)P(=O)(O)O)C(P(=O)(O)O)P(=O)(O)O.CCCN(C(P(=O)(O)O)P(=O)(O)O)C(P(=O)(O)O)P(=O)(O)O.CCCN(C(P(=O)(O)O)P(=O)(O)O)C(P(=O)(O)O)P(=O)(O)O.NCCCCN. The number of nitrogens with zero attached hydrogens (tertiary/aromatic N) is 4. The van der Waals surface area contributed by atoms with Gasteiger partial charge in [-0.05, 0) is 51.6 Å². The van der Waals surface area contributed by atoms with Crippen molar-refractivity contribution < 1.29 is 230 Å².